The summed E-state index contributed by atoms with van der Waals surface area (Å²) in [4.78, 5) is 11.8. The van der Waals surface area contributed by atoms with Gasteiger partial charge in [-0.3, -0.25) is 4.79 Å². The minimum atomic E-state index is 0.405. The molecule has 16 heavy (non-hydrogen) atoms. The smallest absolute Gasteiger partial charge is 0.133 e. The quantitative estimate of drug-likeness (QED) is 0.836. The van der Waals surface area contributed by atoms with Gasteiger partial charge in [-0.2, -0.15) is 0 Å². The van der Waals surface area contributed by atoms with Crippen molar-refractivity contribution in [3.63, 3.8) is 0 Å². The maximum atomic E-state index is 11.8. The number of nitrogens with one attached hydrogen (secondary N) is 1. The molecule has 1 saturated carbocycles. The van der Waals surface area contributed by atoms with Crippen molar-refractivity contribution in [3.05, 3.63) is 29.8 Å². The van der Waals surface area contributed by atoms with Gasteiger partial charge in [-0.25, -0.2) is 0 Å². The minimum Gasteiger partial charge on any atom is -0.384 e. The van der Waals surface area contributed by atoms with Gasteiger partial charge in [0.1, 0.15) is 5.78 Å². The maximum Gasteiger partial charge on any atom is 0.133 e. The van der Waals surface area contributed by atoms with Crippen molar-refractivity contribution in [2.75, 3.05) is 11.9 Å². The molecule has 1 aromatic rings. The van der Waals surface area contributed by atoms with Crippen molar-refractivity contribution in [1.82, 2.24) is 0 Å². The molecule has 84 valence electrons. The normalized spacial score (nSPS) is 22.6. The van der Waals surface area contributed by atoms with Gasteiger partial charge in [-0.15, -0.1) is 0 Å². The average molecular weight is 215 g/mol. The Hall–Kier alpha value is -1.31. The zero-order valence-electron chi connectivity index (χ0n) is 9.41. The molecule has 0 saturated heterocycles. The van der Waals surface area contributed by atoms with Gasteiger partial charge < -0.3 is 5.32 Å². The average Bonchev–Trinajstić information content (AvgIpc) is 3.00. The summed E-state index contributed by atoms with van der Waals surface area (Å²) in [5.41, 5.74) is 2.54. The summed E-state index contributed by atoms with van der Waals surface area (Å²) >= 11 is 0. The summed E-state index contributed by atoms with van der Waals surface area (Å²) in [7, 11) is 0. The summed E-state index contributed by atoms with van der Waals surface area (Å²) in [6.45, 7) is 0.926. The van der Waals surface area contributed by atoms with Gasteiger partial charge in [0, 0.05) is 31.0 Å². The van der Waals surface area contributed by atoms with Gasteiger partial charge >= 0.3 is 0 Å². The van der Waals surface area contributed by atoms with E-state index in [1.54, 1.807) is 0 Å². The molecule has 1 aliphatic carbocycles. The Labute approximate surface area is 96.1 Å². The lowest BCUT2D eigenvalue weighted by Gasteiger charge is -2.08. The number of para-hydroxylation sites is 1. The van der Waals surface area contributed by atoms with Crippen LogP contribution in [0.1, 0.15) is 37.2 Å². The van der Waals surface area contributed by atoms with Crippen LogP contribution in [-0.4, -0.2) is 12.3 Å². The van der Waals surface area contributed by atoms with Crippen LogP contribution in [0, 0.1) is 5.92 Å². The van der Waals surface area contributed by atoms with Crippen molar-refractivity contribution in [2.45, 2.75) is 31.6 Å². The Morgan fingerprint density at radius 2 is 2.06 bits per heavy atom. The highest BCUT2D eigenvalue weighted by molar-refractivity contribution is 5.80. The van der Waals surface area contributed by atoms with E-state index in [0.717, 1.165) is 25.3 Å². The molecule has 1 heterocycles. The molecule has 1 fully saturated rings. The highest BCUT2D eigenvalue weighted by Crippen LogP contribution is 2.36. The molecule has 1 atom stereocenters. The van der Waals surface area contributed by atoms with Crippen LogP contribution in [0.3, 0.4) is 0 Å². The summed E-state index contributed by atoms with van der Waals surface area (Å²) in [5.74, 6) is 1.57. The van der Waals surface area contributed by atoms with E-state index in [2.05, 4.69) is 23.5 Å². The Morgan fingerprint density at radius 3 is 2.88 bits per heavy atom. The zero-order chi connectivity index (χ0) is 11.0. The van der Waals surface area contributed by atoms with Crippen molar-refractivity contribution in [1.29, 1.82) is 0 Å². The Balaban J connectivity index is 1.65. The Bertz CT molecular complexity index is 409. The summed E-state index contributed by atoms with van der Waals surface area (Å²) < 4.78 is 0. The Kier molecular flexibility index (Phi) is 2.43. The molecular formula is C14H17NO. The number of hydrogen-bond donors (Lipinski definition) is 1. The fraction of sp³-hybridized carbons (Fsp3) is 0.500. The second kappa shape index (κ2) is 3.93. The number of fused-ring (bicyclic) bond motifs is 1. The molecule has 2 nitrogen and oxygen atoms in total. The predicted molar refractivity (Wildman–Crippen MR) is 64.6 cm³/mol. The van der Waals surface area contributed by atoms with E-state index < -0.39 is 0 Å². The second-order valence-electron chi connectivity index (χ2n) is 5.06. The van der Waals surface area contributed by atoms with Crippen LogP contribution in [0.4, 0.5) is 5.69 Å². The number of anilines is 1. The van der Waals surface area contributed by atoms with Gasteiger partial charge in [0.05, 0.1) is 0 Å². The fourth-order valence-electron chi connectivity index (χ4n) is 2.54. The summed E-state index contributed by atoms with van der Waals surface area (Å²) in [6.07, 6.45) is 4.08. The topological polar surface area (TPSA) is 29.1 Å². The first-order chi connectivity index (χ1) is 7.83. The highest BCUT2D eigenvalue weighted by atomic mass is 16.1. The first kappa shape index (κ1) is 9.88. The van der Waals surface area contributed by atoms with E-state index in [0.29, 0.717) is 11.7 Å². The fourth-order valence-corrected chi connectivity index (χ4v) is 2.54. The van der Waals surface area contributed by atoms with Crippen LogP contribution in [0.5, 0.6) is 0 Å². The molecule has 0 aromatic heterocycles. The van der Waals surface area contributed by atoms with E-state index in [1.165, 1.54) is 24.1 Å². The Morgan fingerprint density at radius 1 is 1.25 bits per heavy atom. The summed E-state index contributed by atoms with van der Waals surface area (Å²) in [6, 6.07) is 8.34. The molecule has 0 bridgehead atoms. The molecule has 1 N–H and O–H groups in total. The molecular weight excluding hydrogens is 198 g/mol. The van der Waals surface area contributed by atoms with Gasteiger partial charge in [0.25, 0.3) is 0 Å². The van der Waals surface area contributed by atoms with E-state index in [4.69, 9.17) is 0 Å². The lowest BCUT2D eigenvalue weighted by molar-refractivity contribution is -0.119. The molecule has 1 aromatic carbocycles. The van der Waals surface area contributed by atoms with Crippen molar-refractivity contribution in [3.8, 4) is 0 Å². The maximum absolute atomic E-state index is 11.8. The van der Waals surface area contributed by atoms with Crippen LogP contribution in [0.2, 0.25) is 0 Å². The monoisotopic (exact) mass is 215 g/mol. The van der Waals surface area contributed by atoms with Crippen molar-refractivity contribution in [2.24, 2.45) is 5.92 Å². The van der Waals surface area contributed by atoms with Gasteiger partial charge in [-0.1, -0.05) is 18.2 Å². The largest absolute Gasteiger partial charge is 0.384 e. The number of benzene rings is 1. The summed E-state index contributed by atoms with van der Waals surface area (Å²) in [5, 5.41) is 3.37. The predicted octanol–water partition coefficient (Wildman–Crippen LogP) is 2.96. The molecule has 1 aliphatic heterocycles. The van der Waals surface area contributed by atoms with Crippen molar-refractivity contribution >= 4 is 11.5 Å². The number of carbonyl (C=O) groups is 1. The first-order valence-electron chi connectivity index (χ1n) is 6.17. The van der Waals surface area contributed by atoms with E-state index in [1.807, 2.05) is 6.07 Å². The van der Waals surface area contributed by atoms with Gasteiger partial charge in [0.15, 0.2) is 0 Å². The molecule has 0 radical (unpaired) electrons. The van der Waals surface area contributed by atoms with E-state index in [-0.39, 0.29) is 0 Å². The lowest BCUT2D eigenvalue weighted by Crippen LogP contribution is -2.09. The van der Waals surface area contributed by atoms with Crippen molar-refractivity contribution < 1.29 is 4.79 Å². The molecule has 0 amide bonds. The molecule has 0 spiro atoms. The first-order valence-corrected chi connectivity index (χ1v) is 6.17. The SMILES string of the molecule is O=C(CC1CC1)CC1CNc2ccccc21. The van der Waals surface area contributed by atoms with Gasteiger partial charge in [0.2, 0.25) is 0 Å². The van der Waals surface area contributed by atoms with Gasteiger partial charge in [-0.05, 0) is 30.4 Å². The highest BCUT2D eigenvalue weighted by Gasteiger charge is 2.28. The molecule has 3 rings (SSSR count). The van der Waals surface area contributed by atoms with E-state index in [9.17, 15) is 4.79 Å². The van der Waals surface area contributed by atoms with Crippen LogP contribution in [-0.2, 0) is 4.79 Å². The number of carbonyl (C=O) groups excluding carboxylic acids is 1. The number of hydrogen-bond acceptors (Lipinski definition) is 2. The molecule has 2 aliphatic rings. The van der Waals surface area contributed by atoms with Crippen LogP contribution in [0.15, 0.2) is 24.3 Å². The van der Waals surface area contributed by atoms with Crippen LogP contribution < -0.4 is 5.32 Å². The number of Topliss-reactive ketones (excluding diaryl/α,β-unsaturated/α-hetero) is 1. The second-order valence-corrected chi connectivity index (χ2v) is 5.06. The lowest BCUT2D eigenvalue weighted by atomic mass is 9.94. The molecule has 2 heteroatoms. The minimum absolute atomic E-state index is 0.405. The van der Waals surface area contributed by atoms with E-state index >= 15 is 0 Å². The number of ketones is 1. The number of rotatable bonds is 4. The third-order valence-corrected chi connectivity index (χ3v) is 3.63. The third kappa shape index (κ3) is 1.97. The third-order valence-electron chi connectivity index (χ3n) is 3.63. The zero-order valence-corrected chi connectivity index (χ0v) is 9.41. The molecule has 1 unspecified atom stereocenters. The standard InChI is InChI=1S/C14H17NO/c16-12(7-10-5-6-10)8-11-9-15-14-4-2-1-3-13(11)14/h1-4,10-11,15H,5-9H2. The van der Waals surface area contributed by atoms with Crippen LogP contribution in [0.25, 0.3) is 0 Å². The van der Waals surface area contributed by atoms with Crippen LogP contribution >= 0.6 is 0 Å².